The van der Waals surface area contributed by atoms with E-state index in [0.29, 0.717) is 6.04 Å². The molecule has 0 radical (unpaired) electrons. The maximum absolute atomic E-state index is 6.01. The van der Waals surface area contributed by atoms with E-state index in [9.17, 15) is 0 Å². The van der Waals surface area contributed by atoms with Crippen LogP contribution in [0.15, 0.2) is 42.5 Å². The number of rotatable bonds is 1. The summed E-state index contributed by atoms with van der Waals surface area (Å²) >= 11 is 0. The summed E-state index contributed by atoms with van der Waals surface area (Å²) in [5.74, 6) is 0. The minimum atomic E-state index is 0.400. The fourth-order valence-corrected chi connectivity index (χ4v) is 2.93. The zero-order valence-corrected chi connectivity index (χ0v) is 11.0. The van der Waals surface area contributed by atoms with Gasteiger partial charge >= 0.3 is 0 Å². The molecule has 2 aromatic rings. The van der Waals surface area contributed by atoms with Crippen molar-refractivity contribution in [1.29, 1.82) is 0 Å². The molecule has 0 spiro atoms. The highest BCUT2D eigenvalue weighted by Crippen LogP contribution is 2.29. The molecule has 18 heavy (non-hydrogen) atoms. The molecule has 0 aliphatic carbocycles. The topological polar surface area (TPSA) is 26.0 Å². The van der Waals surface area contributed by atoms with Crippen LogP contribution in [0.3, 0.4) is 0 Å². The van der Waals surface area contributed by atoms with Crippen molar-refractivity contribution >= 4 is 16.5 Å². The monoisotopic (exact) mass is 241 g/mol. The highest BCUT2D eigenvalue weighted by Gasteiger charge is 2.30. The van der Waals surface area contributed by atoms with Crippen molar-refractivity contribution < 1.29 is 0 Å². The normalized spacial score (nSPS) is 28.4. The molecule has 1 aliphatic rings. The Morgan fingerprint density at radius 2 is 1.67 bits per heavy atom. The summed E-state index contributed by atoms with van der Waals surface area (Å²) in [6.07, 6.45) is 2.26. The van der Waals surface area contributed by atoms with Crippen LogP contribution in [-0.2, 0) is 0 Å². The number of piperidine rings is 1. The standard InChI is InChI=1S/C16H21N2/c1-18(10-8-15(17)9-11-18)16-7-6-13-4-2-3-5-14(13)12-16/h2-7,12,15H,8-11,17H2,1H3/q+1. The van der Waals surface area contributed by atoms with Gasteiger partial charge in [-0.2, -0.15) is 0 Å². The van der Waals surface area contributed by atoms with Gasteiger partial charge in [0.2, 0.25) is 0 Å². The first kappa shape index (κ1) is 11.7. The van der Waals surface area contributed by atoms with Crippen LogP contribution in [0, 0.1) is 0 Å². The minimum Gasteiger partial charge on any atom is -0.327 e. The van der Waals surface area contributed by atoms with Gasteiger partial charge in [0.25, 0.3) is 0 Å². The van der Waals surface area contributed by atoms with Gasteiger partial charge in [-0.1, -0.05) is 24.3 Å². The van der Waals surface area contributed by atoms with Gasteiger partial charge in [0.05, 0.1) is 20.1 Å². The smallest absolute Gasteiger partial charge is 0.133 e. The first-order chi connectivity index (χ1) is 8.67. The Balaban J connectivity index is 1.98. The maximum atomic E-state index is 6.01. The number of nitrogens with two attached hydrogens (primary N) is 1. The number of fused-ring (bicyclic) bond motifs is 1. The molecule has 0 unspecified atom stereocenters. The number of quaternary nitrogens is 1. The van der Waals surface area contributed by atoms with Gasteiger partial charge in [0, 0.05) is 24.9 Å². The average molecular weight is 241 g/mol. The lowest BCUT2D eigenvalue weighted by molar-refractivity contribution is 0.255. The van der Waals surface area contributed by atoms with Crippen LogP contribution in [0.1, 0.15) is 12.8 Å². The van der Waals surface area contributed by atoms with Gasteiger partial charge in [-0.3, -0.25) is 4.48 Å². The SMILES string of the molecule is C[N+]1(c2ccc3ccccc3c2)CCC(N)CC1. The zero-order valence-electron chi connectivity index (χ0n) is 11.0. The second-order valence-electron chi connectivity index (χ2n) is 5.71. The van der Waals surface area contributed by atoms with E-state index in [1.54, 1.807) is 0 Å². The second-order valence-corrected chi connectivity index (χ2v) is 5.71. The first-order valence-electron chi connectivity index (χ1n) is 6.77. The number of benzene rings is 2. The fraction of sp³-hybridized carbons (Fsp3) is 0.375. The number of likely N-dealkylation sites (tertiary alicyclic amines) is 1. The van der Waals surface area contributed by atoms with Crippen molar-refractivity contribution in [2.45, 2.75) is 18.9 Å². The van der Waals surface area contributed by atoms with Crippen molar-refractivity contribution in [2.75, 3.05) is 20.1 Å². The van der Waals surface area contributed by atoms with Crippen LogP contribution in [0.2, 0.25) is 0 Å². The van der Waals surface area contributed by atoms with Crippen molar-refractivity contribution in [2.24, 2.45) is 5.73 Å². The molecular weight excluding hydrogens is 220 g/mol. The summed E-state index contributed by atoms with van der Waals surface area (Å²) in [4.78, 5) is 0. The molecule has 0 atom stereocenters. The number of nitrogens with zero attached hydrogens (tertiary/aromatic N) is 1. The van der Waals surface area contributed by atoms with Gasteiger partial charge < -0.3 is 5.73 Å². The summed E-state index contributed by atoms with van der Waals surface area (Å²) in [6, 6.07) is 15.8. The molecule has 0 saturated carbocycles. The number of hydrogen-bond donors (Lipinski definition) is 1. The maximum Gasteiger partial charge on any atom is 0.133 e. The van der Waals surface area contributed by atoms with Crippen LogP contribution in [0.25, 0.3) is 10.8 Å². The summed E-state index contributed by atoms with van der Waals surface area (Å²) < 4.78 is 1.03. The molecule has 1 fully saturated rings. The van der Waals surface area contributed by atoms with Crippen molar-refractivity contribution in [3.8, 4) is 0 Å². The van der Waals surface area contributed by atoms with Gasteiger partial charge in [0.1, 0.15) is 5.69 Å². The Bertz CT molecular complexity index is 554. The Hall–Kier alpha value is -1.38. The third-order valence-corrected chi connectivity index (χ3v) is 4.34. The molecule has 2 heteroatoms. The van der Waals surface area contributed by atoms with E-state index in [-0.39, 0.29) is 0 Å². The molecule has 2 nitrogen and oxygen atoms in total. The number of hydrogen-bond acceptors (Lipinski definition) is 1. The lowest BCUT2D eigenvalue weighted by Crippen LogP contribution is -2.53. The Morgan fingerprint density at radius 3 is 2.39 bits per heavy atom. The van der Waals surface area contributed by atoms with Gasteiger partial charge in [-0.25, -0.2) is 0 Å². The minimum absolute atomic E-state index is 0.400. The van der Waals surface area contributed by atoms with E-state index in [1.165, 1.54) is 16.5 Å². The van der Waals surface area contributed by atoms with Gasteiger partial charge in [-0.05, 0) is 22.9 Å². The highest BCUT2D eigenvalue weighted by atomic mass is 15.3. The van der Waals surface area contributed by atoms with E-state index in [1.807, 2.05) is 0 Å². The van der Waals surface area contributed by atoms with E-state index in [4.69, 9.17) is 5.73 Å². The molecule has 1 aliphatic heterocycles. The molecule has 2 N–H and O–H groups in total. The quantitative estimate of drug-likeness (QED) is 0.763. The fourth-order valence-electron chi connectivity index (χ4n) is 2.93. The summed E-state index contributed by atoms with van der Waals surface area (Å²) in [5, 5.41) is 2.66. The Kier molecular flexibility index (Phi) is 2.84. The molecule has 0 aromatic heterocycles. The molecule has 94 valence electrons. The zero-order chi connectivity index (χ0) is 12.6. The van der Waals surface area contributed by atoms with Crippen molar-refractivity contribution in [3.63, 3.8) is 0 Å². The summed E-state index contributed by atoms with van der Waals surface area (Å²) in [5.41, 5.74) is 7.43. The van der Waals surface area contributed by atoms with E-state index in [2.05, 4.69) is 49.5 Å². The van der Waals surface area contributed by atoms with E-state index < -0.39 is 0 Å². The molecule has 1 saturated heterocycles. The van der Waals surface area contributed by atoms with Crippen LogP contribution in [-0.4, -0.2) is 26.2 Å². The molecule has 0 bridgehead atoms. The molecular formula is C16H21N2+. The Labute approximate surface area is 109 Å². The van der Waals surface area contributed by atoms with Crippen LogP contribution >= 0.6 is 0 Å². The predicted molar refractivity (Wildman–Crippen MR) is 78.6 cm³/mol. The van der Waals surface area contributed by atoms with Crippen molar-refractivity contribution in [1.82, 2.24) is 4.48 Å². The largest absolute Gasteiger partial charge is 0.327 e. The molecule has 0 amide bonds. The lowest BCUT2D eigenvalue weighted by Gasteiger charge is -2.39. The van der Waals surface area contributed by atoms with Gasteiger partial charge in [-0.15, -0.1) is 0 Å². The van der Waals surface area contributed by atoms with Crippen molar-refractivity contribution in [3.05, 3.63) is 42.5 Å². The van der Waals surface area contributed by atoms with E-state index >= 15 is 0 Å². The average Bonchev–Trinajstić information content (AvgIpc) is 2.42. The van der Waals surface area contributed by atoms with Crippen LogP contribution in [0.4, 0.5) is 5.69 Å². The first-order valence-corrected chi connectivity index (χ1v) is 6.77. The van der Waals surface area contributed by atoms with E-state index in [0.717, 1.165) is 30.4 Å². The summed E-state index contributed by atoms with van der Waals surface area (Å²) in [7, 11) is 2.33. The molecule has 1 heterocycles. The lowest BCUT2D eigenvalue weighted by atomic mass is 10.0. The summed E-state index contributed by atoms with van der Waals surface area (Å²) in [6.45, 7) is 2.30. The van der Waals surface area contributed by atoms with Crippen LogP contribution in [0.5, 0.6) is 0 Å². The molecule has 3 rings (SSSR count). The third kappa shape index (κ3) is 2.02. The van der Waals surface area contributed by atoms with Gasteiger partial charge in [0.15, 0.2) is 0 Å². The molecule has 2 aromatic carbocycles. The predicted octanol–water partition coefficient (Wildman–Crippen LogP) is 2.90. The highest BCUT2D eigenvalue weighted by molar-refractivity contribution is 5.85. The third-order valence-electron chi connectivity index (χ3n) is 4.34. The second kappa shape index (κ2) is 4.38. The Morgan fingerprint density at radius 1 is 1.00 bits per heavy atom. The van der Waals surface area contributed by atoms with Crippen LogP contribution < -0.4 is 10.2 Å².